The lowest BCUT2D eigenvalue weighted by molar-refractivity contribution is 0.0690. The van der Waals surface area contributed by atoms with E-state index in [4.69, 9.17) is 14.6 Å². The average Bonchev–Trinajstić information content (AvgIpc) is 2.60. The number of benzene rings is 1. The second-order valence-electron chi connectivity index (χ2n) is 5.33. The number of aromatic nitrogens is 1. The first-order valence-corrected chi connectivity index (χ1v) is 7.31. The number of fused-ring (bicyclic) bond motifs is 1. The molecule has 6 nitrogen and oxygen atoms in total. The third-order valence-corrected chi connectivity index (χ3v) is 4.00. The number of hydrogen-bond donors (Lipinski definition) is 1. The van der Waals surface area contributed by atoms with Crippen LogP contribution in [0.2, 0.25) is 0 Å². The highest BCUT2D eigenvalue weighted by molar-refractivity contribution is 5.85. The minimum absolute atomic E-state index is 0.0561. The number of carboxylic acid groups (broad SMARTS) is 1. The summed E-state index contributed by atoms with van der Waals surface area (Å²) in [6.07, 6.45) is 0.842. The first-order valence-electron chi connectivity index (χ1n) is 7.31. The fraction of sp³-hybridized carbons (Fsp3) is 0.294. The Labute approximate surface area is 134 Å². The fourth-order valence-electron chi connectivity index (χ4n) is 2.80. The molecular weight excluding hydrogens is 296 g/mol. The zero-order chi connectivity index (χ0) is 16.4. The van der Waals surface area contributed by atoms with Crippen molar-refractivity contribution in [3.63, 3.8) is 0 Å². The molecule has 0 amide bonds. The summed E-state index contributed by atoms with van der Waals surface area (Å²) in [5.74, 6) is 1.08. The van der Waals surface area contributed by atoms with Crippen molar-refractivity contribution in [2.45, 2.75) is 13.0 Å². The van der Waals surface area contributed by atoms with Crippen LogP contribution < -0.4 is 14.4 Å². The molecule has 3 rings (SSSR count). The van der Waals surface area contributed by atoms with E-state index in [1.54, 1.807) is 20.3 Å². The number of methoxy groups -OCH3 is 2. The fourth-order valence-corrected chi connectivity index (χ4v) is 2.80. The normalized spacial score (nSPS) is 13.4. The maximum atomic E-state index is 11.1. The molecule has 6 heteroatoms. The number of hydrogen-bond acceptors (Lipinski definition) is 5. The summed E-state index contributed by atoms with van der Waals surface area (Å²) in [4.78, 5) is 17.4. The highest BCUT2D eigenvalue weighted by Gasteiger charge is 2.21. The number of rotatable bonds is 4. The Morgan fingerprint density at radius 1 is 1.17 bits per heavy atom. The van der Waals surface area contributed by atoms with Gasteiger partial charge in [-0.2, -0.15) is 0 Å². The van der Waals surface area contributed by atoms with E-state index in [9.17, 15) is 4.79 Å². The van der Waals surface area contributed by atoms with E-state index in [-0.39, 0.29) is 5.69 Å². The van der Waals surface area contributed by atoms with Crippen molar-refractivity contribution in [3.05, 3.63) is 47.2 Å². The molecule has 23 heavy (non-hydrogen) atoms. The zero-order valence-corrected chi connectivity index (χ0v) is 13.1. The molecule has 0 unspecified atom stereocenters. The van der Waals surface area contributed by atoms with Crippen LogP contribution >= 0.6 is 0 Å². The Morgan fingerprint density at radius 2 is 1.87 bits per heavy atom. The number of anilines is 1. The molecule has 0 atom stereocenters. The maximum Gasteiger partial charge on any atom is 0.354 e. The van der Waals surface area contributed by atoms with Gasteiger partial charge in [-0.15, -0.1) is 0 Å². The molecule has 0 saturated carbocycles. The SMILES string of the molecule is COc1cc2c(cc1OC)CN(c1cccc(C(=O)O)n1)CC2. The van der Waals surface area contributed by atoms with Gasteiger partial charge in [-0.3, -0.25) is 0 Å². The minimum Gasteiger partial charge on any atom is -0.493 e. The summed E-state index contributed by atoms with van der Waals surface area (Å²) < 4.78 is 10.7. The molecule has 1 aromatic carbocycles. The molecule has 0 fully saturated rings. The van der Waals surface area contributed by atoms with Gasteiger partial charge in [0.15, 0.2) is 17.2 Å². The third kappa shape index (κ3) is 2.92. The van der Waals surface area contributed by atoms with E-state index in [0.29, 0.717) is 18.1 Å². The van der Waals surface area contributed by atoms with Gasteiger partial charge in [0, 0.05) is 13.1 Å². The summed E-state index contributed by atoms with van der Waals surface area (Å²) in [7, 11) is 3.24. The molecule has 1 N–H and O–H groups in total. The first kappa shape index (κ1) is 15.1. The van der Waals surface area contributed by atoms with Crippen molar-refractivity contribution in [1.82, 2.24) is 4.98 Å². The van der Waals surface area contributed by atoms with Crippen molar-refractivity contribution in [2.75, 3.05) is 25.7 Å². The summed E-state index contributed by atoms with van der Waals surface area (Å²) in [6, 6.07) is 9.03. The predicted octanol–water partition coefficient (Wildman–Crippen LogP) is 2.36. The van der Waals surface area contributed by atoms with E-state index in [0.717, 1.165) is 24.3 Å². The van der Waals surface area contributed by atoms with Crippen LogP contribution in [0.1, 0.15) is 21.6 Å². The van der Waals surface area contributed by atoms with Gasteiger partial charge in [-0.25, -0.2) is 9.78 Å². The van der Waals surface area contributed by atoms with E-state index in [1.165, 1.54) is 11.6 Å². The van der Waals surface area contributed by atoms with E-state index in [2.05, 4.69) is 9.88 Å². The maximum absolute atomic E-state index is 11.1. The summed E-state index contributed by atoms with van der Waals surface area (Å²) in [5.41, 5.74) is 2.41. The molecule has 1 aromatic heterocycles. The molecule has 0 saturated heterocycles. The van der Waals surface area contributed by atoms with Gasteiger partial charge in [0.25, 0.3) is 0 Å². The largest absolute Gasteiger partial charge is 0.493 e. The van der Waals surface area contributed by atoms with E-state index in [1.807, 2.05) is 18.2 Å². The van der Waals surface area contributed by atoms with Crippen molar-refractivity contribution < 1.29 is 19.4 Å². The topological polar surface area (TPSA) is 71.9 Å². The lowest BCUT2D eigenvalue weighted by Crippen LogP contribution is -2.31. The van der Waals surface area contributed by atoms with Crippen molar-refractivity contribution in [1.29, 1.82) is 0 Å². The monoisotopic (exact) mass is 314 g/mol. The lowest BCUT2D eigenvalue weighted by atomic mass is 9.99. The van der Waals surface area contributed by atoms with E-state index >= 15 is 0 Å². The zero-order valence-electron chi connectivity index (χ0n) is 13.1. The second-order valence-corrected chi connectivity index (χ2v) is 5.33. The number of carboxylic acids is 1. The summed E-state index contributed by atoms with van der Waals surface area (Å²) in [5, 5.41) is 9.08. The van der Waals surface area contributed by atoms with Crippen LogP contribution in [0.4, 0.5) is 5.82 Å². The number of pyridine rings is 1. The molecule has 1 aliphatic rings. The van der Waals surface area contributed by atoms with Gasteiger partial charge in [0.05, 0.1) is 14.2 Å². The minimum atomic E-state index is -1.02. The first-order chi connectivity index (χ1) is 11.1. The van der Waals surface area contributed by atoms with Crippen LogP contribution in [-0.2, 0) is 13.0 Å². The lowest BCUT2D eigenvalue weighted by Gasteiger charge is -2.30. The van der Waals surface area contributed by atoms with Gasteiger partial charge in [-0.05, 0) is 41.8 Å². The van der Waals surface area contributed by atoms with Gasteiger partial charge in [0.2, 0.25) is 0 Å². The molecule has 0 bridgehead atoms. The van der Waals surface area contributed by atoms with Gasteiger partial charge in [0.1, 0.15) is 5.82 Å². The molecular formula is C17H18N2O4. The van der Waals surface area contributed by atoms with Gasteiger partial charge >= 0.3 is 5.97 Å². The average molecular weight is 314 g/mol. The Balaban J connectivity index is 1.90. The number of nitrogens with zero attached hydrogens (tertiary/aromatic N) is 2. The molecule has 0 aliphatic carbocycles. The van der Waals surface area contributed by atoms with Crippen molar-refractivity contribution in [3.8, 4) is 11.5 Å². The van der Waals surface area contributed by atoms with Crippen molar-refractivity contribution in [2.24, 2.45) is 0 Å². The van der Waals surface area contributed by atoms with E-state index < -0.39 is 5.97 Å². The second kappa shape index (κ2) is 6.16. The highest BCUT2D eigenvalue weighted by Crippen LogP contribution is 2.34. The Kier molecular flexibility index (Phi) is 4.06. The molecule has 2 aromatic rings. The van der Waals surface area contributed by atoms with Crippen molar-refractivity contribution >= 4 is 11.8 Å². The quantitative estimate of drug-likeness (QED) is 0.934. The van der Waals surface area contributed by atoms with Gasteiger partial charge < -0.3 is 19.5 Å². The molecule has 1 aliphatic heterocycles. The highest BCUT2D eigenvalue weighted by atomic mass is 16.5. The number of aromatic carboxylic acids is 1. The van der Waals surface area contributed by atoms with Crippen LogP contribution in [0.15, 0.2) is 30.3 Å². The number of carbonyl (C=O) groups is 1. The van der Waals surface area contributed by atoms with Gasteiger partial charge in [-0.1, -0.05) is 6.07 Å². The molecule has 120 valence electrons. The molecule has 0 spiro atoms. The number of ether oxygens (including phenoxy) is 2. The molecule has 0 radical (unpaired) electrons. The Hall–Kier alpha value is -2.76. The van der Waals surface area contributed by atoms with Crippen LogP contribution in [0.25, 0.3) is 0 Å². The smallest absolute Gasteiger partial charge is 0.354 e. The van der Waals surface area contributed by atoms with Crippen LogP contribution in [0.5, 0.6) is 11.5 Å². The predicted molar refractivity (Wildman–Crippen MR) is 85.5 cm³/mol. The van der Waals surface area contributed by atoms with Crippen LogP contribution in [-0.4, -0.2) is 36.8 Å². The van der Waals surface area contributed by atoms with Crippen LogP contribution in [0.3, 0.4) is 0 Å². The summed E-state index contributed by atoms with van der Waals surface area (Å²) in [6.45, 7) is 1.43. The third-order valence-electron chi connectivity index (χ3n) is 4.00. The molecule has 2 heterocycles. The summed E-state index contributed by atoms with van der Waals surface area (Å²) >= 11 is 0. The Morgan fingerprint density at radius 3 is 2.52 bits per heavy atom. The Bertz CT molecular complexity index is 745. The van der Waals surface area contributed by atoms with Crippen LogP contribution in [0, 0.1) is 0 Å². The standard InChI is InChI=1S/C17H18N2O4/c1-22-14-8-11-6-7-19(10-12(11)9-15(14)23-2)16-5-3-4-13(18-16)17(20)21/h3-5,8-9H,6-7,10H2,1-2H3,(H,20,21).